The van der Waals surface area contributed by atoms with Crippen LogP contribution in [-0.4, -0.2) is 39.7 Å². The normalized spacial score (nSPS) is 10.6. The van der Waals surface area contributed by atoms with E-state index in [4.69, 9.17) is 18.9 Å². The number of benzene rings is 2. The van der Waals surface area contributed by atoms with Crippen molar-refractivity contribution in [2.24, 2.45) is 0 Å². The highest BCUT2D eigenvalue weighted by Crippen LogP contribution is 2.36. The van der Waals surface area contributed by atoms with Crippen LogP contribution >= 0.6 is 0 Å². The molecular formula is C25H27N5O5. The number of aromatic nitrogens is 4. The predicted octanol–water partition coefficient (Wildman–Crippen LogP) is 4.04. The molecule has 2 aromatic carbocycles. The van der Waals surface area contributed by atoms with Crippen molar-refractivity contribution in [3.63, 3.8) is 0 Å². The van der Waals surface area contributed by atoms with Gasteiger partial charge in [0.25, 0.3) is 5.91 Å². The summed E-state index contributed by atoms with van der Waals surface area (Å²) in [7, 11) is 3.10. The SMILES string of the molecule is COc1cccc(OC)c1OCn1ccc(C(=O)Nc2cnn(COc3ccc(C)cc3C)c2)n1. The number of aryl methyl sites for hydroxylation is 2. The van der Waals surface area contributed by atoms with Crippen LogP contribution in [0.25, 0.3) is 0 Å². The molecule has 0 aliphatic rings. The summed E-state index contributed by atoms with van der Waals surface area (Å²) in [4.78, 5) is 12.6. The Morgan fingerprint density at radius 2 is 1.69 bits per heavy atom. The maximum Gasteiger partial charge on any atom is 0.276 e. The molecule has 0 saturated carbocycles. The van der Waals surface area contributed by atoms with E-state index in [0.717, 1.165) is 11.3 Å². The van der Waals surface area contributed by atoms with Crippen LogP contribution in [0.2, 0.25) is 0 Å². The Labute approximate surface area is 203 Å². The van der Waals surface area contributed by atoms with Crippen LogP contribution < -0.4 is 24.3 Å². The van der Waals surface area contributed by atoms with E-state index in [9.17, 15) is 4.79 Å². The van der Waals surface area contributed by atoms with Crippen molar-refractivity contribution in [2.75, 3.05) is 19.5 Å². The van der Waals surface area contributed by atoms with E-state index in [0.29, 0.717) is 22.9 Å². The first-order valence-electron chi connectivity index (χ1n) is 10.9. The summed E-state index contributed by atoms with van der Waals surface area (Å²) in [5.41, 5.74) is 2.99. The summed E-state index contributed by atoms with van der Waals surface area (Å²) in [6.07, 6.45) is 4.89. The number of hydrogen-bond donors (Lipinski definition) is 1. The second kappa shape index (κ2) is 10.6. The molecule has 10 nitrogen and oxygen atoms in total. The van der Waals surface area contributed by atoms with Crippen LogP contribution in [0.1, 0.15) is 21.6 Å². The lowest BCUT2D eigenvalue weighted by atomic mass is 10.1. The molecule has 0 fully saturated rings. The molecular weight excluding hydrogens is 450 g/mol. The Hall–Kier alpha value is -4.47. The fourth-order valence-corrected chi connectivity index (χ4v) is 3.44. The summed E-state index contributed by atoms with van der Waals surface area (Å²) in [5.74, 6) is 1.94. The van der Waals surface area contributed by atoms with Gasteiger partial charge in [-0.15, -0.1) is 0 Å². The van der Waals surface area contributed by atoms with Crippen LogP contribution in [0.4, 0.5) is 5.69 Å². The second-order valence-electron chi connectivity index (χ2n) is 7.77. The topological polar surface area (TPSA) is 102 Å². The molecule has 0 atom stereocenters. The van der Waals surface area contributed by atoms with Gasteiger partial charge in [-0.25, -0.2) is 9.36 Å². The van der Waals surface area contributed by atoms with E-state index >= 15 is 0 Å². The Morgan fingerprint density at radius 1 is 0.943 bits per heavy atom. The van der Waals surface area contributed by atoms with Crippen LogP contribution in [0.15, 0.2) is 61.1 Å². The third-order valence-electron chi connectivity index (χ3n) is 5.17. The van der Waals surface area contributed by atoms with E-state index in [2.05, 4.69) is 21.6 Å². The lowest BCUT2D eigenvalue weighted by Crippen LogP contribution is -2.14. The van der Waals surface area contributed by atoms with Gasteiger partial charge in [0.15, 0.2) is 30.7 Å². The first-order chi connectivity index (χ1) is 17.0. The molecule has 0 radical (unpaired) electrons. The van der Waals surface area contributed by atoms with Crippen molar-refractivity contribution in [2.45, 2.75) is 27.3 Å². The van der Waals surface area contributed by atoms with Gasteiger partial charge in [0.2, 0.25) is 5.75 Å². The first kappa shape index (κ1) is 23.7. The summed E-state index contributed by atoms with van der Waals surface area (Å²) in [5, 5.41) is 11.3. The molecule has 1 N–H and O–H groups in total. The standard InChI is InChI=1S/C25H27N5O5/c1-17-8-9-21(18(2)12-17)34-16-30-14-19(13-26-30)27-25(31)20-10-11-29(28-20)15-35-24-22(32-3)6-5-7-23(24)33-4/h5-14H,15-16H2,1-4H3,(H,27,31). The van der Waals surface area contributed by atoms with Gasteiger partial charge in [0.1, 0.15) is 5.75 Å². The zero-order valence-electron chi connectivity index (χ0n) is 20.0. The summed E-state index contributed by atoms with van der Waals surface area (Å²) in [6, 6.07) is 12.9. The van der Waals surface area contributed by atoms with Crippen molar-refractivity contribution < 1.29 is 23.7 Å². The minimum absolute atomic E-state index is 0.0672. The lowest BCUT2D eigenvalue weighted by molar-refractivity contribution is 0.102. The smallest absolute Gasteiger partial charge is 0.276 e. The van der Waals surface area contributed by atoms with Crippen LogP contribution in [0.3, 0.4) is 0 Å². The summed E-state index contributed by atoms with van der Waals surface area (Å²) >= 11 is 0. The van der Waals surface area contributed by atoms with Gasteiger partial charge in [0.05, 0.1) is 32.3 Å². The van der Waals surface area contributed by atoms with Crippen LogP contribution in [0.5, 0.6) is 23.0 Å². The van der Waals surface area contributed by atoms with Crippen molar-refractivity contribution in [3.8, 4) is 23.0 Å². The number of rotatable bonds is 10. The number of nitrogens with zero attached hydrogens (tertiary/aromatic N) is 4. The molecule has 0 spiro atoms. The maximum absolute atomic E-state index is 12.6. The largest absolute Gasteiger partial charge is 0.493 e. The number of nitrogens with one attached hydrogen (secondary N) is 1. The molecule has 0 unspecified atom stereocenters. The zero-order chi connectivity index (χ0) is 24.8. The minimum Gasteiger partial charge on any atom is -0.493 e. The van der Waals surface area contributed by atoms with Crippen LogP contribution in [0, 0.1) is 13.8 Å². The number of carbonyl (C=O) groups excluding carboxylic acids is 1. The highest BCUT2D eigenvalue weighted by atomic mass is 16.5. The molecule has 2 heterocycles. The highest BCUT2D eigenvalue weighted by Gasteiger charge is 2.14. The van der Waals surface area contributed by atoms with Crippen molar-refractivity contribution in [1.29, 1.82) is 0 Å². The fraction of sp³-hybridized carbons (Fsp3) is 0.240. The molecule has 35 heavy (non-hydrogen) atoms. The van der Waals surface area contributed by atoms with E-state index in [1.165, 1.54) is 10.2 Å². The van der Waals surface area contributed by atoms with E-state index < -0.39 is 0 Å². The average Bonchev–Trinajstić information content (AvgIpc) is 3.51. The van der Waals surface area contributed by atoms with Crippen molar-refractivity contribution >= 4 is 11.6 Å². The quantitative estimate of drug-likeness (QED) is 0.368. The molecule has 10 heteroatoms. The highest BCUT2D eigenvalue weighted by molar-refractivity contribution is 6.02. The number of methoxy groups -OCH3 is 2. The molecule has 0 aliphatic heterocycles. The molecule has 2 aromatic heterocycles. The van der Waals surface area contributed by atoms with E-state index in [1.807, 2.05) is 26.0 Å². The van der Waals surface area contributed by atoms with Gasteiger partial charge < -0.3 is 24.3 Å². The van der Waals surface area contributed by atoms with Gasteiger partial charge in [-0.1, -0.05) is 23.8 Å². The molecule has 182 valence electrons. The van der Waals surface area contributed by atoms with Crippen molar-refractivity contribution in [1.82, 2.24) is 19.6 Å². The summed E-state index contributed by atoms with van der Waals surface area (Å²) < 4.78 is 25.4. The van der Waals surface area contributed by atoms with Gasteiger partial charge in [-0.05, 0) is 43.7 Å². The number of amides is 1. The second-order valence-corrected chi connectivity index (χ2v) is 7.77. The van der Waals surface area contributed by atoms with Gasteiger partial charge in [-0.3, -0.25) is 4.79 Å². The first-order valence-corrected chi connectivity index (χ1v) is 10.9. The molecule has 0 bridgehead atoms. The maximum atomic E-state index is 12.6. The van der Waals surface area contributed by atoms with E-state index in [-0.39, 0.29) is 25.1 Å². The Bertz CT molecular complexity index is 1290. The molecule has 4 rings (SSSR count). The van der Waals surface area contributed by atoms with Gasteiger partial charge in [0, 0.05) is 6.20 Å². The van der Waals surface area contributed by atoms with Crippen molar-refractivity contribution in [3.05, 3.63) is 77.9 Å². The third-order valence-corrected chi connectivity index (χ3v) is 5.17. The average molecular weight is 478 g/mol. The number of para-hydroxylation sites is 1. The number of carbonyl (C=O) groups is 1. The predicted molar refractivity (Wildman–Crippen MR) is 129 cm³/mol. The molecule has 1 amide bonds. The number of ether oxygens (including phenoxy) is 4. The monoisotopic (exact) mass is 477 g/mol. The van der Waals surface area contributed by atoms with E-state index in [1.54, 1.807) is 61.8 Å². The number of hydrogen-bond acceptors (Lipinski definition) is 7. The van der Waals surface area contributed by atoms with Gasteiger partial charge in [-0.2, -0.15) is 10.2 Å². The molecule has 4 aromatic rings. The van der Waals surface area contributed by atoms with Gasteiger partial charge >= 0.3 is 0 Å². The molecule has 0 aliphatic carbocycles. The number of anilines is 1. The minimum atomic E-state index is -0.367. The Kier molecular flexibility index (Phi) is 7.20. The Morgan fingerprint density at radius 3 is 2.40 bits per heavy atom. The lowest BCUT2D eigenvalue weighted by Gasteiger charge is -2.13. The zero-order valence-corrected chi connectivity index (χ0v) is 20.0. The molecule has 0 saturated heterocycles. The summed E-state index contributed by atoms with van der Waals surface area (Å²) in [6.45, 7) is 4.32. The fourth-order valence-electron chi connectivity index (χ4n) is 3.44. The Balaban J connectivity index is 1.33. The van der Waals surface area contributed by atoms with Crippen LogP contribution in [-0.2, 0) is 13.5 Å². The third kappa shape index (κ3) is 5.72.